The van der Waals surface area contributed by atoms with E-state index in [9.17, 15) is 14.4 Å². The van der Waals surface area contributed by atoms with E-state index in [1.165, 1.54) is 0 Å². The van der Waals surface area contributed by atoms with Crippen molar-refractivity contribution in [1.29, 1.82) is 0 Å². The maximum Gasteiger partial charge on any atom is 0.330 e. The summed E-state index contributed by atoms with van der Waals surface area (Å²) in [5, 5.41) is 8.63. The predicted molar refractivity (Wildman–Crippen MR) is 83.5 cm³/mol. The molecule has 0 heterocycles. The van der Waals surface area contributed by atoms with Crippen molar-refractivity contribution in [3.8, 4) is 0 Å². The van der Waals surface area contributed by atoms with Gasteiger partial charge in [0.2, 0.25) is 5.78 Å². The molecule has 106 valence electrons. The number of benzene rings is 1. The molecule has 0 saturated heterocycles. The van der Waals surface area contributed by atoms with Crippen LogP contribution in [0, 0.1) is 3.57 Å². The summed E-state index contributed by atoms with van der Waals surface area (Å²) < 4.78 is 0.950. The van der Waals surface area contributed by atoms with Gasteiger partial charge < -0.3 is 5.11 Å². The molecule has 1 rings (SSSR count). The Bertz CT molecular complexity index is 549. The van der Waals surface area contributed by atoms with E-state index in [0.29, 0.717) is 6.42 Å². The molecule has 0 fully saturated rings. The fourth-order valence-electron chi connectivity index (χ4n) is 1.62. The number of hydrogen-bond donors (Lipinski definition) is 1. The third-order valence-corrected chi connectivity index (χ3v) is 3.86. The highest BCUT2D eigenvalue weighted by atomic mass is 127. The number of ketones is 2. The Morgan fingerprint density at radius 3 is 2.35 bits per heavy atom. The summed E-state index contributed by atoms with van der Waals surface area (Å²) in [4.78, 5) is 34.0. The van der Waals surface area contributed by atoms with Crippen molar-refractivity contribution in [2.24, 2.45) is 0 Å². The van der Waals surface area contributed by atoms with Crippen LogP contribution in [-0.2, 0) is 20.8 Å². The zero-order valence-corrected chi connectivity index (χ0v) is 13.1. The highest BCUT2D eigenvalue weighted by molar-refractivity contribution is 14.1. The highest BCUT2D eigenvalue weighted by Crippen LogP contribution is 2.13. The second kappa shape index (κ2) is 7.94. The molecular formula is C15H15IO4. The van der Waals surface area contributed by atoms with Crippen molar-refractivity contribution in [3.05, 3.63) is 45.6 Å². The largest absolute Gasteiger partial charge is 0.478 e. The van der Waals surface area contributed by atoms with E-state index in [1.54, 1.807) is 0 Å². The third-order valence-electron chi connectivity index (χ3n) is 2.80. The average Bonchev–Trinajstić information content (AvgIpc) is 2.40. The number of aliphatic carboxylic acids is 1. The van der Waals surface area contributed by atoms with Crippen LogP contribution >= 0.6 is 22.6 Å². The lowest BCUT2D eigenvalue weighted by Gasteiger charge is -2.03. The lowest BCUT2D eigenvalue weighted by Crippen LogP contribution is -2.17. The van der Waals surface area contributed by atoms with Crippen LogP contribution in [-0.4, -0.2) is 22.6 Å². The molecule has 0 spiro atoms. The molecule has 0 aromatic heterocycles. The molecule has 0 bridgehead atoms. The minimum atomic E-state index is -1.07. The monoisotopic (exact) mass is 386 g/mol. The van der Waals surface area contributed by atoms with Gasteiger partial charge in [-0.2, -0.15) is 0 Å². The average molecular weight is 386 g/mol. The molecule has 0 aliphatic rings. The van der Waals surface area contributed by atoms with E-state index in [-0.39, 0.29) is 24.8 Å². The van der Waals surface area contributed by atoms with Crippen molar-refractivity contribution in [2.45, 2.75) is 25.7 Å². The number of carboxylic acids is 1. The van der Waals surface area contributed by atoms with Gasteiger partial charge in [-0.25, -0.2) is 4.79 Å². The van der Waals surface area contributed by atoms with Gasteiger partial charge >= 0.3 is 5.97 Å². The summed E-state index contributed by atoms with van der Waals surface area (Å²) in [6.07, 6.45) is 0.713. The minimum Gasteiger partial charge on any atom is -0.478 e. The molecule has 1 aromatic rings. The summed E-state index contributed by atoms with van der Waals surface area (Å²) in [5.41, 5.74) is 0.893. The maximum absolute atomic E-state index is 11.8. The first kappa shape index (κ1) is 16.6. The van der Waals surface area contributed by atoms with Crippen molar-refractivity contribution in [2.75, 3.05) is 0 Å². The number of carbonyl (C=O) groups is 3. The van der Waals surface area contributed by atoms with Crippen LogP contribution in [0.3, 0.4) is 0 Å². The number of hydrogen-bond acceptors (Lipinski definition) is 3. The number of carboxylic acid groups (broad SMARTS) is 1. The topological polar surface area (TPSA) is 71.4 Å². The van der Waals surface area contributed by atoms with Gasteiger partial charge in [-0.1, -0.05) is 24.8 Å². The zero-order valence-electron chi connectivity index (χ0n) is 10.9. The number of halogens is 1. The van der Waals surface area contributed by atoms with Crippen molar-refractivity contribution >= 4 is 40.1 Å². The smallest absolute Gasteiger partial charge is 0.330 e. The Hall–Kier alpha value is -1.50. The molecule has 0 atom stereocenters. The quantitative estimate of drug-likeness (QED) is 0.424. The first-order chi connectivity index (χ1) is 9.41. The van der Waals surface area contributed by atoms with Gasteiger partial charge in [0.1, 0.15) is 0 Å². The summed E-state index contributed by atoms with van der Waals surface area (Å²) in [5.74, 6) is -1.96. The van der Waals surface area contributed by atoms with Crippen molar-refractivity contribution < 1.29 is 19.5 Å². The summed E-state index contributed by atoms with van der Waals surface area (Å²) in [7, 11) is 0. The number of rotatable bonds is 8. The first-order valence-electron chi connectivity index (χ1n) is 6.12. The second-order valence-electron chi connectivity index (χ2n) is 4.38. The fourth-order valence-corrected chi connectivity index (χ4v) is 2.20. The Morgan fingerprint density at radius 2 is 1.75 bits per heavy atom. The molecule has 0 aliphatic heterocycles. The van der Waals surface area contributed by atoms with Crippen LogP contribution in [0.5, 0.6) is 0 Å². The molecule has 0 aliphatic carbocycles. The molecular weight excluding hydrogens is 371 g/mol. The summed E-state index contributed by atoms with van der Waals surface area (Å²) in [6, 6.07) is 7.39. The van der Waals surface area contributed by atoms with Gasteiger partial charge in [0.15, 0.2) is 5.78 Å². The molecule has 1 aromatic carbocycles. The second-order valence-corrected chi connectivity index (χ2v) is 5.54. The van der Waals surface area contributed by atoms with E-state index in [2.05, 4.69) is 29.2 Å². The Balaban J connectivity index is 2.44. The van der Waals surface area contributed by atoms with E-state index < -0.39 is 17.5 Å². The number of Topliss-reactive ketones (excluding diaryl/α,β-unsaturated/α-hetero) is 2. The summed E-state index contributed by atoms with van der Waals surface area (Å²) in [6.45, 7) is 3.38. The first-order valence-corrected chi connectivity index (χ1v) is 7.20. The number of carbonyl (C=O) groups excluding carboxylic acids is 2. The Kier molecular flexibility index (Phi) is 6.57. The normalized spacial score (nSPS) is 10.1. The van der Waals surface area contributed by atoms with Gasteiger partial charge in [-0.3, -0.25) is 9.59 Å². The maximum atomic E-state index is 11.8. The molecule has 0 amide bonds. The van der Waals surface area contributed by atoms with Crippen molar-refractivity contribution in [3.63, 3.8) is 0 Å². The van der Waals surface area contributed by atoms with E-state index >= 15 is 0 Å². The Morgan fingerprint density at radius 1 is 1.10 bits per heavy atom. The highest BCUT2D eigenvalue weighted by Gasteiger charge is 2.15. The molecule has 20 heavy (non-hydrogen) atoms. The predicted octanol–water partition coefficient (Wildman–Crippen LogP) is 2.78. The van der Waals surface area contributed by atoms with Gasteiger partial charge in [-0.05, 0) is 47.1 Å². The van der Waals surface area contributed by atoms with Crippen LogP contribution in [0.2, 0.25) is 0 Å². The van der Waals surface area contributed by atoms with Gasteiger partial charge in [0.05, 0.1) is 0 Å². The Labute approximate surface area is 131 Å². The lowest BCUT2D eigenvalue weighted by atomic mass is 10.0. The minimum absolute atomic E-state index is 0.0582. The molecule has 4 nitrogen and oxygen atoms in total. The van der Waals surface area contributed by atoms with Crippen LogP contribution in [0.1, 0.15) is 24.8 Å². The molecule has 0 unspecified atom stereocenters. The van der Waals surface area contributed by atoms with Gasteiger partial charge in [0, 0.05) is 22.0 Å². The van der Waals surface area contributed by atoms with Crippen molar-refractivity contribution in [1.82, 2.24) is 0 Å². The van der Waals surface area contributed by atoms with E-state index in [1.807, 2.05) is 24.3 Å². The fraction of sp³-hybridized carbons (Fsp3) is 0.267. The van der Waals surface area contributed by atoms with Crippen LogP contribution in [0.4, 0.5) is 0 Å². The molecule has 1 N–H and O–H groups in total. The van der Waals surface area contributed by atoms with E-state index in [0.717, 1.165) is 9.13 Å². The van der Waals surface area contributed by atoms with Gasteiger partial charge in [0.25, 0.3) is 0 Å². The van der Waals surface area contributed by atoms with Crippen LogP contribution in [0.25, 0.3) is 0 Å². The zero-order chi connectivity index (χ0) is 15.1. The third kappa shape index (κ3) is 5.24. The summed E-state index contributed by atoms with van der Waals surface area (Å²) >= 11 is 2.12. The molecule has 0 radical (unpaired) electrons. The standard InChI is InChI=1S/C15H15IO4/c1-10(15(19)20)5-4-8-13(17)14(18)9-11-6-2-3-7-12(11)16/h2-3,6-7H,1,4-5,8-9H2,(H,19,20). The van der Waals surface area contributed by atoms with Crippen LogP contribution < -0.4 is 0 Å². The van der Waals surface area contributed by atoms with E-state index in [4.69, 9.17) is 5.11 Å². The molecule has 5 heteroatoms. The molecule has 0 saturated carbocycles. The van der Waals surface area contributed by atoms with Gasteiger partial charge in [-0.15, -0.1) is 0 Å². The SMILES string of the molecule is C=C(CCCC(=O)C(=O)Cc1ccccc1I)C(=O)O. The lowest BCUT2D eigenvalue weighted by molar-refractivity contribution is -0.136. The van der Waals surface area contributed by atoms with Crippen LogP contribution in [0.15, 0.2) is 36.4 Å².